The molecule has 2 aromatic carbocycles. The molecule has 0 saturated carbocycles. The summed E-state index contributed by atoms with van der Waals surface area (Å²) in [6, 6.07) is 15.7. The molecule has 2 atom stereocenters. The van der Waals surface area contributed by atoms with Gasteiger partial charge in [0.2, 0.25) is 11.7 Å². The van der Waals surface area contributed by atoms with E-state index in [1.165, 1.54) is 0 Å². The van der Waals surface area contributed by atoms with E-state index >= 15 is 0 Å². The van der Waals surface area contributed by atoms with E-state index in [1.54, 1.807) is 0 Å². The fraction of sp³-hybridized carbons (Fsp3) is 0.300. The third-order valence-corrected chi connectivity index (χ3v) is 4.94. The molecule has 1 fully saturated rings. The van der Waals surface area contributed by atoms with E-state index in [0.29, 0.717) is 36.2 Å². The maximum absolute atomic E-state index is 10.2. The maximum atomic E-state index is 10.2. The Morgan fingerprint density at radius 1 is 1.23 bits per heavy atom. The molecule has 0 bridgehead atoms. The number of likely N-dealkylation sites (tertiary alicyclic amines) is 1. The SMILES string of the molecule is Cc1cccc(-c2noc([C@@H]3C[C@@H](O)CN3Cc3ccc(Cl)cc3)n2)c1. The maximum Gasteiger partial charge on any atom is 0.244 e. The lowest BCUT2D eigenvalue weighted by atomic mass is 10.1. The van der Waals surface area contributed by atoms with Crippen LogP contribution in [0, 0.1) is 6.92 Å². The van der Waals surface area contributed by atoms with Gasteiger partial charge in [-0.15, -0.1) is 0 Å². The molecule has 6 heteroatoms. The normalized spacial score (nSPS) is 20.6. The molecule has 3 aromatic rings. The van der Waals surface area contributed by atoms with Gasteiger partial charge in [0.1, 0.15) is 0 Å². The first kappa shape index (κ1) is 17.2. The number of aliphatic hydroxyl groups excluding tert-OH is 1. The van der Waals surface area contributed by atoms with E-state index in [1.807, 2.05) is 55.5 Å². The minimum absolute atomic E-state index is 0.0910. The highest BCUT2D eigenvalue weighted by Gasteiger charge is 2.35. The van der Waals surface area contributed by atoms with Crippen LogP contribution < -0.4 is 0 Å². The highest BCUT2D eigenvalue weighted by Crippen LogP contribution is 2.33. The van der Waals surface area contributed by atoms with Gasteiger partial charge < -0.3 is 9.63 Å². The van der Waals surface area contributed by atoms with Gasteiger partial charge in [-0.05, 0) is 37.1 Å². The number of halogens is 1. The van der Waals surface area contributed by atoms with Gasteiger partial charge in [-0.25, -0.2) is 0 Å². The lowest BCUT2D eigenvalue weighted by molar-refractivity contribution is 0.169. The second kappa shape index (κ2) is 7.19. The van der Waals surface area contributed by atoms with Crippen LogP contribution in [0.2, 0.25) is 5.02 Å². The van der Waals surface area contributed by atoms with Crippen molar-refractivity contribution in [2.75, 3.05) is 6.54 Å². The Kier molecular flexibility index (Phi) is 4.76. The van der Waals surface area contributed by atoms with E-state index < -0.39 is 6.10 Å². The predicted molar refractivity (Wildman–Crippen MR) is 99.7 cm³/mol. The number of hydrogen-bond acceptors (Lipinski definition) is 5. The van der Waals surface area contributed by atoms with E-state index in [-0.39, 0.29) is 6.04 Å². The summed E-state index contributed by atoms with van der Waals surface area (Å²) in [5.41, 5.74) is 3.21. The van der Waals surface area contributed by atoms with Gasteiger partial charge in [-0.2, -0.15) is 4.98 Å². The van der Waals surface area contributed by atoms with E-state index in [9.17, 15) is 5.11 Å². The average Bonchev–Trinajstić information content (AvgIpc) is 3.24. The zero-order chi connectivity index (χ0) is 18.1. The third kappa shape index (κ3) is 3.65. The average molecular weight is 370 g/mol. The summed E-state index contributed by atoms with van der Waals surface area (Å²) < 4.78 is 5.54. The van der Waals surface area contributed by atoms with Crippen molar-refractivity contribution in [1.29, 1.82) is 0 Å². The number of aliphatic hydroxyl groups is 1. The lowest BCUT2D eigenvalue weighted by Crippen LogP contribution is -2.24. The Morgan fingerprint density at radius 3 is 2.81 bits per heavy atom. The van der Waals surface area contributed by atoms with Crippen molar-refractivity contribution in [2.45, 2.75) is 32.0 Å². The van der Waals surface area contributed by atoms with Crippen LogP contribution in [0.4, 0.5) is 0 Å². The van der Waals surface area contributed by atoms with Gasteiger partial charge in [0, 0.05) is 23.7 Å². The molecule has 0 aliphatic carbocycles. The van der Waals surface area contributed by atoms with Crippen LogP contribution >= 0.6 is 11.6 Å². The number of aromatic nitrogens is 2. The predicted octanol–water partition coefficient (Wildman–Crippen LogP) is 4.01. The summed E-state index contributed by atoms with van der Waals surface area (Å²) in [5.74, 6) is 1.13. The van der Waals surface area contributed by atoms with Crippen LogP contribution in [-0.4, -0.2) is 32.8 Å². The standard InChI is InChI=1S/C20H20ClN3O2/c1-13-3-2-4-15(9-13)19-22-20(26-23-19)18-10-17(25)12-24(18)11-14-5-7-16(21)8-6-14/h2-9,17-18,25H,10-12H2,1H3/t17-,18+/m1/s1. The van der Waals surface area contributed by atoms with Crippen molar-refractivity contribution in [3.8, 4) is 11.4 Å². The van der Waals surface area contributed by atoms with Gasteiger partial charge in [-0.1, -0.05) is 52.7 Å². The zero-order valence-electron chi connectivity index (χ0n) is 14.5. The number of β-amino-alcohol motifs (C(OH)–C–C–N with tert-alkyl or cyclic N) is 1. The van der Waals surface area contributed by atoms with Crippen LogP contribution in [0.3, 0.4) is 0 Å². The van der Waals surface area contributed by atoms with Crippen molar-refractivity contribution in [3.05, 3.63) is 70.6 Å². The van der Waals surface area contributed by atoms with Crippen LogP contribution in [0.15, 0.2) is 53.1 Å². The van der Waals surface area contributed by atoms with Gasteiger partial charge in [-0.3, -0.25) is 4.90 Å². The largest absolute Gasteiger partial charge is 0.392 e. The van der Waals surface area contributed by atoms with Crippen molar-refractivity contribution >= 4 is 11.6 Å². The van der Waals surface area contributed by atoms with E-state index in [0.717, 1.165) is 16.7 Å². The number of benzene rings is 2. The van der Waals surface area contributed by atoms with Crippen LogP contribution in [-0.2, 0) is 6.54 Å². The van der Waals surface area contributed by atoms with Crippen molar-refractivity contribution in [1.82, 2.24) is 15.0 Å². The van der Waals surface area contributed by atoms with E-state index in [4.69, 9.17) is 16.1 Å². The third-order valence-electron chi connectivity index (χ3n) is 4.68. The molecule has 1 N–H and O–H groups in total. The molecule has 1 aliphatic rings. The molecule has 0 spiro atoms. The molecule has 0 radical (unpaired) electrons. The van der Waals surface area contributed by atoms with Crippen LogP contribution in [0.5, 0.6) is 0 Å². The fourth-order valence-corrected chi connectivity index (χ4v) is 3.53. The summed E-state index contributed by atoms with van der Waals surface area (Å²) in [5, 5.41) is 15.0. The summed E-state index contributed by atoms with van der Waals surface area (Å²) >= 11 is 5.96. The molecule has 0 unspecified atom stereocenters. The minimum Gasteiger partial charge on any atom is -0.392 e. The molecule has 26 heavy (non-hydrogen) atoms. The molecule has 1 aromatic heterocycles. The molecule has 5 nitrogen and oxygen atoms in total. The molecule has 1 saturated heterocycles. The topological polar surface area (TPSA) is 62.4 Å². The quantitative estimate of drug-likeness (QED) is 0.753. The number of hydrogen-bond donors (Lipinski definition) is 1. The highest BCUT2D eigenvalue weighted by molar-refractivity contribution is 6.30. The number of rotatable bonds is 4. The first-order valence-corrected chi connectivity index (χ1v) is 9.03. The second-order valence-corrected chi connectivity index (χ2v) is 7.22. The first-order valence-electron chi connectivity index (χ1n) is 8.66. The van der Waals surface area contributed by atoms with Crippen molar-refractivity contribution in [3.63, 3.8) is 0 Å². The summed E-state index contributed by atoms with van der Waals surface area (Å²) in [6.45, 7) is 3.31. The van der Waals surface area contributed by atoms with Gasteiger partial charge in [0.15, 0.2) is 0 Å². The Balaban J connectivity index is 1.56. The number of aryl methyl sites for hydroxylation is 1. The second-order valence-electron chi connectivity index (χ2n) is 6.79. The van der Waals surface area contributed by atoms with Gasteiger partial charge >= 0.3 is 0 Å². The summed E-state index contributed by atoms with van der Waals surface area (Å²) in [7, 11) is 0. The smallest absolute Gasteiger partial charge is 0.244 e. The summed E-state index contributed by atoms with van der Waals surface area (Å²) in [6.07, 6.45) is 0.185. The zero-order valence-corrected chi connectivity index (χ0v) is 15.2. The molecule has 2 heterocycles. The van der Waals surface area contributed by atoms with Gasteiger partial charge in [0.05, 0.1) is 12.1 Å². The monoisotopic (exact) mass is 369 g/mol. The Hall–Kier alpha value is -2.21. The minimum atomic E-state index is -0.401. The molecule has 0 amide bonds. The van der Waals surface area contributed by atoms with Crippen LogP contribution in [0.25, 0.3) is 11.4 Å². The molecule has 1 aliphatic heterocycles. The summed E-state index contributed by atoms with van der Waals surface area (Å²) in [4.78, 5) is 6.76. The highest BCUT2D eigenvalue weighted by atomic mass is 35.5. The Labute approximate surface area is 157 Å². The van der Waals surface area contributed by atoms with Gasteiger partial charge in [0.25, 0.3) is 0 Å². The van der Waals surface area contributed by atoms with Crippen LogP contribution in [0.1, 0.15) is 29.5 Å². The van der Waals surface area contributed by atoms with E-state index in [2.05, 4.69) is 15.0 Å². The Bertz CT molecular complexity index is 894. The molecular weight excluding hydrogens is 350 g/mol. The number of nitrogens with zero attached hydrogens (tertiary/aromatic N) is 3. The molecule has 134 valence electrons. The Morgan fingerprint density at radius 2 is 2.04 bits per heavy atom. The molecule has 4 rings (SSSR count). The lowest BCUT2D eigenvalue weighted by Gasteiger charge is -2.21. The first-order chi connectivity index (χ1) is 12.6. The fourth-order valence-electron chi connectivity index (χ4n) is 3.41. The molecular formula is C20H20ClN3O2. The van der Waals surface area contributed by atoms with Crippen molar-refractivity contribution in [2.24, 2.45) is 0 Å². The van der Waals surface area contributed by atoms with Crippen molar-refractivity contribution < 1.29 is 9.63 Å².